The monoisotopic (exact) mass is 453 g/mol. The zero-order chi connectivity index (χ0) is 23.4. The number of methoxy groups -OCH3 is 1. The highest BCUT2D eigenvalue weighted by atomic mass is 16.5. The number of phenols is 1. The zero-order valence-electron chi connectivity index (χ0n) is 19.7. The maximum absolute atomic E-state index is 10.5. The van der Waals surface area contributed by atoms with Crippen molar-refractivity contribution in [3.8, 4) is 11.5 Å². The maximum atomic E-state index is 10.5. The van der Waals surface area contributed by atoms with Crippen LogP contribution in [0.2, 0.25) is 0 Å². The van der Waals surface area contributed by atoms with Gasteiger partial charge < -0.3 is 30.8 Å². The Morgan fingerprint density at radius 1 is 1.18 bits per heavy atom. The third kappa shape index (κ3) is 4.98. The first-order chi connectivity index (χ1) is 16.0. The molecule has 0 spiro atoms. The fourth-order valence-electron chi connectivity index (χ4n) is 4.55. The summed E-state index contributed by atoms with van der Waals surface area (Å²) >= 11 is 0. The fraction of sp³-hybridized carbons (Fsp3) is 0.542. The number of aromatic hydroxyl groups is 1. The van der Waals surface area contributed by atoms with Crippen molar-refractivity contribution in [1.29, 1.82) is 0 Å². The Labute approximate surface area is 194 Å². The number of phenolic OH excluding ortho intramolecular Hbond substituents is 1. The third-order valence-electron chi connectivity index (χ3n) is 6.61. The number of imidazole rings is 1. The summed E-state index contributed by atoms with van der Waals surface area (Å²) in [5.74, 6) is 1.80. The van der Waals surface area contributed by atoms with Gasteiger partial charge in [0.2, 0.25) is 5.95 Å². The van der Waals surface area contributed by atoms with Gasteiger partial charge in [0.1, 0.15) is 0 Å². The number of nitrogens with two attached hydrogens (primary N) is 1. The summed E-state index contributed by atoms with van der Waals surface area (Å²) in [6, 6.07) is 6.36. The molecule has 3 aromatic rings. The van der Waals surface area contributed by atoms with E-state index in [2.05, 4.69) is 34.0 Å². The summed E-state index contributed by atoms with van der Waals surface area (Å²) in [4.78, 5) is 14.3. The van der Waals surface area contributed by atoms with Crippen LogP contribution in [-0.2, 0) is 6.54 Å². The van der Waals surface area contributed by atoms with Crippen molar-refractivity contribution in [2.45, 2.75) is 77.0 Å². The van der Waals surface area contributed by atoms with Crippen molar-refractivity contribution in [1.82, 2.24) is 19.5 Å². The Bertz CT molecular complexity index is 1070. The Kier molecular flexibility index (Phi) is 7.17. The molecule has 0 atom stereocenters. The number of nitrogens with one attached hydrogen (secondary N) is 2. The number of fused-ring (bicyclic) bond motifs is 1. The van der Waals surface area contributed by atoms with Crippen LogP contribution >= 0.6 is 0 Å². The summed E-state index contributed by atoms with van der Waals surface area (Å²) < 4.78 is 7.38. The number of nitrogens with zero attached hydrogens (tertiary/aromatic N) is 4. The molecule has 9 heteroatoms. The van der Waals surface area contributed by atoms with Gasteiger partial charge in [0.25, 0.3) is 0 Å². The first-order valence-corrected chi connectivity index (χ1v) is 11.9. The second kappa shape index (κ2) is 10.2. The number of benzene rings is 1. The normalized spacial score (nSPS) is 18.6. The van der Waals surface area contributed by atoms with E-state index in [4.69, 9.17) is 20.4 Å². The summed E-state index contributed by atoms with van der Waals surface area (Å²) in [5, 5.41) is 17.4. The molecule has 5 N–H and O–H groups in total. The van der Waals surface area contributed by atoms with Gasteiger partial charge in [0.15, 0.2) is 28.5 Å². The standard InChI is InChI=1S/C24H35N7O2/c1-4-18(5-2)31-14-27-20-22(26-13-15-7-6-8-19(33-3)21(15)32)29-24(30-23(20)31)28-17-11-9-16(25)10-12-17/h6-8,14,16-18,32H,4-5,9-13,25H2,1-3H3,(H2,26,28,29,30). The van der Waals surface area contributed by atoms with E-state index in [1.807, 2.05) is 18.5 Å². The summed E-state index contributed by atoms with van der Waals surface area (Å²) in [6.07, 6.45) is 7.88. The molecule has 0 amide bonds. The van der Waals surface area contributed by atoms with E-state index >= 15 is 0 Å². The summed E-state index contributed by atoms with van der Waals surface area (Å²) in [5.41, 5.74) is 8.33. The van der Waals surface area contributed by atoms with Crippen LogP contribution in [0, 0.1) is 0 Å². The van der Waals surface area contributed by atoms with Crippen molar-refractivity contribution in [3.63, 3.8) is 0 Å². The molecule has 4 rings (SSSR count). The van der Waals surface area contributed by atoms with Crippen LogP contribution in [0.25, 0.3) is 11.2 Å². The molecule has 1 fully saturated rings. The number of hydrogen-bond acceptors (Lipinski definition) is 8. The van der Waals surface area contributed by atoms with Gasteiger partial charge >= 0.3 is 0 Å². The molecule has 0 aliphatic heterocycles. The van der Waals surface area contributed by atoms with Crippen LogP contribution < -0.4 is 21.1 Å². The number of para-hydroxylation sites is 1. The predicted molar refractivity (Wildman–Crippen MR) is 131 cm³/mol. The van der Waals surface area contributed by atoms with Crippen molar-refractivity contribution in [2.75, 3.05) is 17.7 Å². The highest BCUT2D eigenvalue weighted by molar-refractivity contribution is 5.84. The second-order valence-electron chi connectivity index (χ2n) is 8.77. The first kappa shape index (κ1) is 23.1. The van der Waals surface area contributed by atoms with Gasteiger partial charge in [0.05, 0.1) is 13.4 Å². The Morgan fingerprint density at radius 3 is 2.64 bits per heavy atom. The smallest absolute Gasteiger partial charge is 0.227 e. The molecule has 0 radical (unpaired) electrons. The van der Waals surface area contributed by atoms with Crippen molar-refractivity contribution < 1.29 is 9.84 Å². The van der Waals surface area contributed by atoms with Crippen LogP contribution in [0.1, 0.15) is 64.0 Å². The molecule has 178 valence electrons. The van der Waals surface area contributed by atoms with E-state index in [0.717, 1.165) is 55.3 Å². The van der Waals surface area contributed by atoms with Gasteiger partial charge in [-0.05, 0) is 44.6 Å². The van der Waals surface area contributed by atoms with E-state index in [-0.39, 0.29) is 11.8 Å². The lowest BCUT2D eigenvalue weighted by Gasteiger charge is -2.27. The minimum Gasteiger partial charge on any atom is -0.504 e. The number of aromatic nitrogens is 4. The van der Waals surface area contributed by atoms with Gasteiger partial charge in [-0.2, -0.15) is 9.97 Å². The molecule has 1 aliphatic carbocycles. The average Bonchev–Trinajstić information content (AvgIpc) is 3.24. The summed E-state index contributed by atoms with van der Waals surface area (Å²) in [7, 11) is 1.54. The molecular weight excluding hydrogens is 418 g/mol. The molecule has 0 unspecified atom stereocenters. The molecule has 0 saturated heterocycles. The van der Waals surface area contributed by atoms with Crippen molar-refractivity contribution in [2.24, 2.45) is 5.73 Å². The van der Waals surface area contributed by atoms with E-state index in [1.165, 1.54) is 0 Å². The van der Waals surface area contributed by atoms with Crippen LogP contribution in [-0.4, -0.2) is 43.8 Å². The molecule has 1 saturated carbocycles. The van der Waals surface area contributed by atoms with Crippen LogP contribution in [0.3, 0.4) is 0 Å². The quantitative estimate of drug-likeness (QED) is 0.380. The minimum absolute atomic E-state index is 0.122. The van der Waals surface area contributed by atoms with Gasteiger partial charge in [-0.1, -0.05) is 26.0 Å². The van der Waals surface area contributed by atoms with Gasteiger partial charge in [-0.15, -0.1) is 0 Å². The molecule has 0 bridgehead atoms. The minimum atomic E-state index is 0.122. The Morgan fingerprint density at radius 2 is 1.94 bits per heavy atom. The van der Waals surface area contributed by atoms with Crippen molar-refractivity contribution >= 4 is 22.9 Å². The molecular formula is C24H35N7O2. The topological polar surface area (TPSA) is 123 Å². The second-order valence-corrected chi connectivity index (χ2v) is 8.77. The fourth-order valence-corrected chi connectivity index (χ4v) is 4.55. The Hall–Kier alpha value is -3.07. The van der Waals surface area contributed by atoms with E-state index in [1.54, 1.807) is 13.2 Å². The highest BCUT2D eigenvalue weighted by Gasteiger charge is 2.22. The van der Waals surface area contributed by atoms with Gasteiger partial charge in [-0.25, -0.2) is 4.98 Å². The molecule has 2 heterocycles. The Balaban J connectivity index is 1.66. The molecule has 1 aliphatic rings. The van der Waals surface area contributed by atoms with E-state index < -0.39 is 0 Å². The van der Waals surface area contributed by atoms with Gasteiger partial charge in [0, 0.05) is 30.2 Å². The summed E-state index contributed by atoms with van der Waals surface area (Å²) in [6.45, 7) is 4.73. The lowest BCUT2D eigenvalue weighted by atomic mass is 9.92. The SMILES string of the molecule is CCC(CC)n1cnc2c(NCc3cccc(OC)c3O)nc(NC3CCC(N)CC3)nc21. The van der Waals surface area contributed by atoms with Crippen LogP contribution in [0.15, 0.2) is 24.5 Å². The zero-order valence-corrected chi connectivity index (χ0v) is 19.7. The molecule has 2 aromatic heterocycles. The molecule has 9 nitrogen and oxygen atoms in total. The lowest BCUT2D eigenvalue weighted by Crippen LogP contribution is -2.33. The van der Waals surface area contributed by atoms with Crippen LogP contribution in [0.4, 0.5) is 11.8 Å². The maximum Gasteiger partial charge on any atom is 0.227 e. The highest BCUT2D eigenvalue weighted by Crippen LogP contribution is 2.31. The van der Waals surface area contributed by atoms with Crippen LogP contribution in [0.5, 0.6) is 11.5 Å². The number of anilines is 2. The van der Waals surface area contributed by atoms with Crippen molar-refractivity contribution in [3.05, 3.63) is 30.1 Å². The third-order valence-corrected chi connectivity index (χ3v) is 6.61. The largest absolute Gasteiger partial charge is 0.504 e. The number of hydrogen-bond donors (Lipinski definition) is 4. The molecule has 1 aromatic carbocycles. The lowest BCUT2D eigenvalue weighted by molar-refractivity contribution is 0.371. The predicted octanol–water partition coefficient (Wildman–Crippen LogP) is 4.20. The number of rotatable bonds is 9. The van der Waals surface area contributed by atoms with E-state index in [0.29, 0.717) is 36.1 Å². The molecule has 33 heavy (non-hydrogen) atoms. The average molecular weight is 454 g/mol. The van der Waals surface area contributed by atoms with Gasteiger partial charge in [-0.3, -0.25) is 0 Å². The first-order valence-electron chi connectivity index (χ1n) is 11.9. The van der Waals surface area contributed by atoms with E-state index in [9.17, 15) is 5.11 Å². The number of ether oxygens (including phenoxy) is 1.